The minimum atomic E-state index is -3.10. The average Bonchev–Trinajstić information content (AvgIpc) is 2.38. The Labute approximate surface area is 109 Å². The Balaban J connectivity index is 2.13. The summed E-state index contributed by atoms with van der Waals surface area (Å²) in [5.41, 5.74) is 1.07. The van der Waals surface area contributed by atoms with E-state index in [9.17, 15) is 8.42 Å². The third-order valence-corrected chi connectivity index (χ3v) is 4.62. The van der Waals surface area contributed by atoms with Crippen molar-refractivity contribution < 1.29 is 8.42 Å². The third-order valence-electron chi connectivity index (χ3n) is 3.49. The molecule has 18 heavy (non-hydrogen) atoms. The van der Waals surface area contributed by atoms with Crippen LogP contribution in [0.3, 0.4) is 0 Å². The Bertz CT molecular complexity index is 490. The maximum atomic E-state index is 11.4. The molecule has 1 N–H and O–H groups in total. The zero-order chi connectivity index (χ0) is 13.2. The Morgan fingerprint density at radius 3 is 2.44 bits per heavy atom. The van der Waals surface area contributed by atoms with Crippen LogP contribution in [0.5, 0.6) is 0 Å². The molecule has 0 amide bonds. The Hall–Kier alpha value is -1.07. The van der Waals surface area contributed by atoms with Crippen LogP contribution in [0, 0.1) is 0 Å². The van der Waals surface area contributed by atoms with Crippen molar-refractivity contribution in [1.29, 1.82) is 0 Å². The first kappa shape index (κ1) is 13.4. The topological polar surface area (TPSA) is 49.4 Å². The van der Waals surface area contributed by atoms with Crippen LogP contribution < -0.4 is 10.2 Å². The van der Waals surface area contributed by atoms with Crippen LogP contribution in [0.2, 0.25) is 0 Å². The number of anilines is 1. The number of benzene rings is 1. The summed E-state index contributed by atoms with van der Waals surface area (Å²) in [6, 6.07) is 7.60. The van der Waals surface area contributed by atoms with E-state index in [1.165, 1.54) is 19.1 Å². The normalized spacial score (nSPS) is 20.7. The van der Waals surface area contributed by atoms with E-state index in [1.54, 1.807) is 12.1 Å². The van der Waals surface area contributed by atoms with E-state index in [2.05, 4.69) is 17.3 Å². The lowest BCUT2D eigenvalue weighted by Gasteiger charge is -2.33. The first-order valence-corrected chi connectivity index (χ1v) is 8.11. The minimum Gasteiger partial charge on any atom is -0.370 e. The maximum absolute atomic E-state index is 11.4. The molecule has 1 aliphatic rings. The summed E-state index contributed by atoms with van der Waals surface area (Å²) in [5.74, 6) is 0. The highest BCUT2D eigenvalue weighted by Gasteiger charge is 2.18. The second-order valence-corrected chi connectivity index (χ2v) is 6.89. The van der Waals surface area contributed by atoms with Gasteiger partial charge in [0.2, 0.25) is 0 Å². The molecule has 1 unspecified atom stereocenters. The molecule has 4 nitrogen and oxygen atoms in total. The van der Waals surface area contributed by atoms with Gasteiger partial charge in [0.1, 0.15) is 0 Å². The molecule has 1 aromatic rings. The zero-order valence-corrected chi connectivity index (χ0v) is 11.7. The van der Waals surface area contributed by atoms with Crippen molar-refractivity contribution in [1.82, 2.24) is 5.32 Å². The minimum absolute atomic E-state index is 0.376. The van der Waals surface area contributed by atoms with Crippen molar-refractivity contribution in [2.75, 3.05) is 31.3 Å². The predicted molar refractivity (Wildman–Crippen MR) is 73.8 cm³/mol. The van der Waals surface area contributed by atoms with Crippen LogP contribution in [0.15, 0.2) is 29.2 Å². The highest BCUT2D eigenvalue weighted by molar-refractivity contribution is 7.90. The van der Waals surface area contributed by atoms with Gasteiger partial charge in [-0.2, -0.15) is 0 Å². The summed E-state index contributed by atoms with van der Waals surface area (Å²) in [4.78, 5) is 2.60. The molecule has 0 bridgehead atoms. The van der Waals surface area contributed by atoms with Crippen LogP contribution in [0.25, 0.3) is 0 Å². The van der Waals surface area contributed by atoms with Crippen LogP contribution in [0.1, 0.15) is 12.8 Å². The second-order valence-electron chi connectivity index (χ2n) is 4.88. The standard InChI is InChI=1S/C13H20N2O2S/c1-15(12-4-3-9-14-10-12)11-5-7-13(8-6-11)18(2,16)17/h5-8,12,14H,3-4,9-10H2,1-2H3. The molecule has 0 spiro atoms. The highest BCUT2D eigenvalue weighted by atomic mass is 32.2. The fraction of sp³-hybridized carbons (Fsp3) is 0.538. The van der Waals surface area contributed by atoms with Gasteiger partial charge in [-0.3, -0.25) is 0 Å². The van der Waals surface area contributed by atoms with Crippen molar-refractivity contribution in [3.05, 3.63) is 24.3 Å². The van der Waals surface area contributed by atoms with E-state index in [0.717, 1.165) is 18.8 Å². The number of hydrogen-bond donors (Lipinski definition) is 1. The molecule has 1 heterocycles. The zero-order valence-electron chi connectivity index (χ0n) is 10.9. The molecule has 1 atom stereocenters. The number of rotatable bonds is 3. The summed E-state index contributed by atoms with van der Waals surface area (Å²) < 4.78 is 22.8. The summed E-state index contributed by atoms with van der Waals surface area (Å²) in [6.07, 6.45) is 3.60. The van der Waals surface area contributed by atoms with Gasteiger partial charge in [-0.25, -0.2) is 8.42 Å². The molecular formula is C13H20N2O2S. The number of likely N-dealkylation sites (N-methyl/N-ethyl adjacent to an activating group) is 1. The quantitative estimate of drug-likeness (QED) is 0.897. The molecule has 0 aromatic heterocycles. The van der Waals surface area contributed by atoms with Crippen molar-refractivity contribution in [2.45, 2.75) is 23.8 Å². The van der Waals surface area contributed by atoms with E-state index >= 15 is 0 Å². The molecule has 1 fully saturated rings. The van der Waals surface area contributed by atoms with Gasteiger partial charge in [-0.1, -0.05) is 0 Å². The molecule has 2 rings (SSSR count). The number of sulfone groups is 1. The van der Waals surface area contributed by atoms with E-state index in [4.69, 9.17) is 0 Å². The van der Waals surface area contributed by atoms with Gasteiger partial charge in [-0.15, -0.1) is 0 Å². The molecule has 0 radical (unpaired) electrons. The number of nitrogens with zero attached hydrogens (tertiary/aromatic N) is 1. The van der Waals surface area contributed by atoms with Gasteiger partial charge in [0.15, 0.2) is 9.84 Å². The molecule has 1 saturated heterocycles. The fourth-order valence-corrected chi connectivity index (χ4v) is 2.93. The summed E-state index contributed by atoms with van der Waals surface area (Å²) in [7, 11) is -1.04. The summed E-state index contributed by atoms with van der Waals surface area (Å²) in [6.45, 7) is 2.09. The molecular weight excluding hydrogens is 248 g/mol. The van der Waals surface area contributed by atoms with Gasteiger partial charge < -0.3 is 10.2 Å². The van der Waals surface area contributed by atoms with Crippen molar-refractivity contribution in [2.24, 2.45) is 0 Å². The number of piperidine rings is 1. The average molecular weight is 268 g/mol. The van der Waals surface area contributed by atoms with E-state index in [-0.39, 0.29) is 0 Å². The first-order valence-electron chi connectivity index (χ1n) is 6.22. The molecule has 1 aromatic carbocycles. The summed E-state index contributed by atoms with van der Waals surface area (Å²) >= 11 is 0. The van der Waals surface area contributed by atoms with Crippen molar-refractivity contribution >= 4 is 15.5 Å². The number of nitrogens with one attached hydrogen (secondary N) is 1. The molecule has 1 aliphatic heterocycles. The van der Waals surface area contributed by atoms with E-state index < -0.39 is 9.84 Å². The lowest BCUT2D eigenvalue weighted by Crippen LogP contribution is -2.44. The van der Waals surface area contributed by atoms with Crippen molar-refractivity contribution in [3.63, 3.8) is 0 Å². The van der Waals surface area contributed by atoms with Gasteiger partial charge in [0.25, 0.3) is 0 Å². The van der Waals surface area contributed by atoms with Crippen LogP contribution in [-0.4, -0.2) is 40.9 Å². The monoisotopic (exact) mass is 268 g/mol. The maximum Gasteiger partial charge on any atom is 0.175 e. The lowest BCUT2D eigenvalue weighted by molar-refractivity contribution is 0.445. The Morgan fingerprint density at radius 2 is 1.94 bits per heavy atom. The third kappa shape index (κ3) is 3.03. The van der Waals surface area contributed by atoms with Crippen LogP contribution in [-0.2, 0) is 9.84 Å². The predicted octanol–water partition coefficient (Wildman–Crippen LogP) is 1.28. The van der Waals surface area contributed by atoms with Gasteiger partial charge >= 0.3 is 0 Å². The van der Waals surface area contributed by atoms with Crippen LogP contribution >= 0.6 is 0 Å². The van der Waals surface area contributed by atoms with Gasteiger partial charge in [0.05, 0.1) is 4.90 Å². The molecule has 5 heteroatoms. The van der Waals surface area contributed by atoms with E-state index in [0.29, 0.717) is 10.9 Å². The fourth-order valence-electron chi connectivity index (χ4n) is 2.30. The SMILES string of the molecule is CN(c1ccc(S(C)(=O)=O)cc1)C1CCCNC1. The van der Waals surface area contributed by atoms with Crippen LogP contribution in [0.4, 0.5) is 5.69 Å². The Kier molecular flexibility index (Phi) is 3.92. The molecule has 100 valence electrons. The smallest absolute Gasteiger partial charge is 0.175 e. The van der Waals surface area contributed by atoms with Gasteiger partial charge in [-0.05, 0) is 43.7 Å². The largest absolute Gasteiger partial charge is 0.370 e. The number of hydrogen-bond acceptors (Lipinski definition) is 4. The highest BCUT2D eigenvalue weighted by Crippen LogP contribution is 2.21. The summed E-state index contributed by atoms with van der Waals surface area (Å²) in [5, 5.41) is 3.38. The lowest BCUT2D eigenvalue weighted by atomic mass is 10.1. The molecule has 0 aliphatic carbocycles. The molecule has 0 saturated carbocycles. The first-order chi connectivity index (χ1) is 8.48. The Morgan fingerprint density at radius 1 is 1.28 bits per heavy atom. The van der Waals surface area contributed by atoms with Gasteiger partial charge in [0, 0.05) is 31.6 Å². The second kappa shape index (κ2) is 5.28. The van der Waals surface area contributed by atoms with Crippen molar-refractivity contribution in [3.8, 4) is 0 Å². The van der Waals surface area contributed by atoms with E-state index in [1.807, 2.05) is 12.1 Å².